The van der Waals surface area contributed by atoms with Gasteiger partial charge in [0.25, 0.3) is 0 Å². The Morgan fingerprint density at radius 3 is 2.35 bits per heavy atom. The molecule has 0 amide bonds. The molecule has 0 unspecified atom stereocenters. The molecule has 2 heterocycles. The fraction of sp³-hybridized carbons (Fsp3) is 0.367. The first-order valence-electron chi connectivity index (χ1n) is 12.4. The van der Waals surface area contributed by atoms with Gasteiger partial charge in [0.2, 0.25) is 0 Å². The largest absolute Gasteiger partial charge is 0.508 e. The molecule has 174 valence electrons. The number of ether oxygens (including phenoxy) is 1. The lowest BCUT2D eigenvalue weighted by atomic mass is 9.58. The van der Waals surface area contributed by atoms with Crippen molar-refractivity contribution in [3.05, 3.63) is 89.5 Å². The van der Waals surface area contributed by atoms with Crippen molar-refractivity contribution in [1.29, 1.82) is 0 Å². The number of carbonyl (C=O) groups is 1. The molecule has 2 atom stereocenters. The Balaban J connectivity index is 1.26. The lowest BCUT2D eigenvalue weighted by molar-refractivity contribution is -0.118. The first-order chi connectivity index (χ1) is 16.6. The van der Waals surface area contributed by atoms with Gasteiger partial charge in [-0.15, -0.1) is 0 Å². The summed E-state index contributed by atoms with van der Waals surface area (Å²) in [5.41, 5.74) is 5.36. The van der Waals surface area contributed by atoms with Gasteiger partial charge >= 0.3 is 0 Å². The molecule has 3 aromatic rings. The number of aldehydes is 1. The molecule has 1 saturated heterocycles. The number of hydrogen-bond donors (Lipinski definition) is 1. The zero-order valence-corrected chi connectivity index (χ0v) is 19.4. The highest BCUT2D eigenvalue weighted by atomic mass is 16.5. The van der Waals surface area contributed by atoms with Crippen LogP contribution in [0.2, 0.25) is 0 Å². The minimum Gasteiger partial charge on any atom is -0.508 e. The van der Waals surface area contributed by atoms with Crippen LogP contribution in [0.1, 0.15) is 54.2 Å². The molecular formula is C30H31NO3. The van der Waals surface area contributed by atoms with E-state index in [-0.39, 0.29) is 17.6 Å². The molecule has 2 aliphatic heterocycles. The van der Waals surface area contributed by atoms with Crippen LogP contribution in [0.5, 0.6) is 11.5 Å². The number of phenolic OH excluding ortho intramolecular Hbond substituents is 1. The number of carbonyl (C=O) groups excluding carboxylic acids is 1. The van der Waals surface area contributed by atoms with Crippen LogP contribution in [-0.2, 0) is 4.79 Å². The summed E-state index contributed by atoms with van der Waals surface area (Å²) in [6, 6.07) is 25.2. The molecule has 1 saturated carbocycles. The zero-order valence-electron chi connectivity index (χ0n) is 19.4. The van der Waals surface area contributed by atoms with E-state index in [2.05, 4.69) is 59.5 Å². The Bertz CT molecular complexity index is 1160. The van der Waals surface area contributed by atoms with Crippen LogP contribution in [-0.4, -0.2) is 31.1 Å². The van der Waals surface area contributed by atoms with Crippen LogP contribution in [0.3, 0.4) is 0 Å². The summed E-state index contributed by atoms with van der Waals surface area (Å²) in [6.07, 6.45) is 5.69. The van der Waals surface area contributed by atoms with Crippen LogP contribution in [0.15, 0.2) is 72.8 Å². The average molecular weight is 454 g/mol. The number of nitrogens with zero attached hydrogens (tertiary/aromatic N) is 1. The van der Waals surface area contributed by atoms with E-state index in [4.69, 9.17) is 4.74 Å². The lowest BCUT2D eigenvalue weighted by Crippen LogP contribution is -2.47. The molecule has 2 fully saturated rings. The highest BCUT2D eigenvalue weighted by molar-refractivity contribution is 5.56. The third kappa shape index (κ3) is 3.75. The number of phenols is 1. The predicted molar refractivity (Wildman–Crippen MR) is 134 cm³/mol. The molecule has 1 aliphatic carbocycles. The van der Waals surface area contributed by atoms with Crippen LogP contribution < -0.4 is 9.64 Å². The topological polar surface area (TPSA) is 49.8 Å². The van der Waals surface area contributed by atoms with Crippen molar-refractivity contribution in [2.45, 2.75) is 37.5 Å². The number of aromatic hydroxyl groups is 1. The summed E-state index contributed by atoms with van der Waals surface area (Å²) < 4.78 is 6.10. The van der Waals surface area contributed by atoms with E-state index in [1.165, 1.54) is 29.7 Å². The number of anilines is 1. The monoisotopic (exact) mass is 453 g/mol. The van der Waals surface area contributed by atoms with Crippen LogP contribution in [0.4, 0.5) is 5.69 Å². The van der Waals surface area contributed by atoms with Gasteiger partial charge in [-0.1, -0.05) is 48.5 Å². The fourth-order valence-electron chi connectivity index (χ4n) is 6.49. The van der Waals surface area contributed by atoms with Gasteiger partial charge in [0.15, 0.2) is 0 Å². The summed E-state index contributed by atoms with van der Waals surface area (Å²) in [5, 5.41) is 9.99. The number of fused-ring (bicyclic) bond motifs is 1. The summed E-state index contributed by atoms with van der Waals surface area (Å²) in [7, 11) is 0. The van der Waals surface area contributed by atoms with Crippen LogP contribution in [0, 0.1) is 11.3 Å². The summed E-state index contributed by atoms with van der Waals surface area (Å²) >= 11 is 0. The second-order valence-electron chi connectivity index (χ2n) is 10.4. The van der Waals surface area contributed by atoms with Gasteiger partial charge in [-0.3, -0.25) is 0 Å². The van der Waals surface area contributed by atoms with Gasteiger partial charge < -0.3 is 19.5 Å². The van der Waals surface area contributed by atoms with Gasteiger partial charge in [0.05, 0.1) is 6.61 Å². The highest BCUT2D eigenvalue weighted by Crippen LogP contribution is 2.52. The maximum atomic E-state index is 11.0. The molecular weight excluding hydrogens is 422 g/mol. The number of hydrogen-bond acceptors (Lipinski definition) is 4. The highest BCUT2D eigenvalue weighted by Gasteiger charge is 2.45. The number of piperidine rings is 1. The Hall–Kier alpha value is -3.27. The standard InChI is InChI=1S/C30H31NO3/c32-19-21-17-30(18-21)12-14-31(15-13-30)24-8-6-23(7-9-24)29-26-11-10-25(33)16-28(26)34-20-27(29)22-4-2-1-3-5-22/h1-11,16,19,21,27,29,33H,12-15,17-18,20H2/t27-,29-/m1/s1. The van der Waals surface area contributed by atoms with Crippen molar-refractivity contribution in [2.24, 2.45) is 11.3 Å². The van der Waals surface area contributed by atoms with E-state index in [1.807, 2.05) is 6.07 Å². The quantitative estimate of drug-likeness (QED) is 0.500. The van der Waals surface area contributed by atoms with E-state index in [0.717, 1.165) is 43.5 Å². The Morgan fingerprint density at radius 1 is 0.912 bits per heavy atom. The van der Waals surface area contributed by atoms with E-state index in [9.17, 15) is 9.90 Å². The maximum Gasteiger partial charge on any atom is 0.126 e. The Morgan fingerprint density at radius 2 is 1.65 bits per heavy atom. The van der Waals surface area contributed by atoms with Gasteiger partial charge in [-0.25, -0.2) is 0 Å². The smallest absolute Gasteiger partial charge is 0.126 e. The normalized spacial score (nSPS) is 23.6. The van der Waals surface area contributed by atoms with Gasteiger partial charge in [0.1, 0.15) is 17.8 Å². The minimum absolute atomic E-state index is 0.167. The van der Waals surface area contributed by atoms with E-state index >= 15 is 0 Å². The second-order valence-corrected chi connectivity index (χ2v) is 10.4. The van der Waals surface area contributed by atoms with Crippen LogP contribution >= 0.6 is 0 Å². The molecule has 6 rings (SSSR count). The minimum atomic E-state index is 0.167. The molecule has 3 aromatic carbocycles. The number of rotatable bonds is 4. The molecule has 0 radical (unpaired) electrons. The van der Waals surface area contributed by atoms with E-state index in [1.54, 1.807) is 12.1 Å². The molecule has 3 aliphatic rings. The predicted octanol–water partition coefficient (Wildman–Crippen LogP) is 5.90. The molecule has 1 spiro atoms. The average Bonchev–Trinajstić information content (AvgIpc) is 2.87. The molecule has 34 heavy (non-hydrogen) atoms. The first kappa shape index (κ1) is 21.3. The molecule has 0 bridgehead atoms. The van der Waals surface area contributed by atoms with Crippen molar-refractivity contribution < 1.29 is 14.6 Å². The van der Waals surface area contributed by atoms with Gasteiger partial charge in [0, 0.05) is 48.2 Å². The Kier molecular flexibility index (Phi) is 5.32. The van der Waals surface area contributed by atoms with Crippen LogP contribution in [0.25, 0.3) is 0 Å². The SMILES string of the molecule is O=CC1CC2(CCN(c3ccc([C@@H]4c5ccc(O)cc5OC[C@@H]4c4ccccc4)cc3)CC2)C1. The first-order valence-corrected chi connectivity index (χ1v) is 12.4. The van der Waals surface area contributed by atoms with Crippen molar-refractivity contribution >= 4 is 12.0 Å². The van der Waals surface area contributed by atoms with E-state index < -0.39 is 0 Å². The van der Waals surface area contributed by atoms with E-state index in [0.29, 0.717) is 17.9 Å². The van der Waals surface area contributed by atoms with Crippen molar-refractivity contribution in [2.75, 3.05) is 24.6 Å². The molecule has 0 aromatic heterocycles. The van der Waals surface area contributed by atoms with Crippen molar-refractivity contribution in [1.82, 2.24) is 0 Å². The molecule has 1 N–H and O–H groups in total. The Labute approximate surface area is 201 Å². The molecule has 4 heteroatoms. The van der Waals surface area contributed by atoms with Crippen molar-refractivity contribution in [3.8, 4) is 11.5 Å². The summed E-state index contributed by atoms with van der Waals surface area (Å²) in [4.78, 5) is 13.5. The second kappa shape index (κ2) is 8.50. The third-order valence-electron chi connectivity index (χ3n) is 8.41. The number of benzene rings is 3. The van der Waals surface area contributed by atoms with Crippen molar-refractivity contribution in [3.63, 3.8) is 0 Å². The summed E-state index contributed by atoms with van der Waals surface area (Å²) in [6.45, 7) is 2.72. The van der Waals surface area contributed by atoms with Gasteiger partial charge in [-0.05, 0) is 60.4 Å². The maximum absolute atomic E-state index is 11.0. The lowest BCUT2D eigenvalue weighted by Gasteiger charge is -2.51. The molecule has 4 nitrogen and oxygen atoms in total. The van der Waals surface area contributed by atoms with Gasteiger partial charge in [-0.2, -0.15) is 0 Å². The summed E-state index contributed by atoms with van der Waals surface area (Å²) in [5.74, 6) is 1.69. The zero-order chi connectivity index (χ0) is 23.1. The fourth-order valence-corrected chi connectivity index (χ4v) is 6.49. The third-order valence-corrected chi connectivity index (χ3v) is 8.41.